The first-order chi connectivity index (χ1) is 14.3. The predicted molar refractivity (Wildman–Crippen MR) is 111 cm³/mol. The maximum Gasteiger partial charge on any atom is 0.231 e. The largest absolute Gasteiger partial charge is 0.339 e. The average Bonchev–Trinajstić information content (AvgIpc) is 3.24. The SMILES string of the molecule is O=C(CCC1CCCCC1)Nc1ccccc1Cc1nc(-c2ccncc2)no1. The zero-order valence-electron chi connectivity index (χ0n) is 16.5. The minimum Gasteiger partial charge on any atom is -0.339 e. The van der Waals surface area contributed by atoms with E-state index in [1.165, 1.54) is 32.1 Å². The Hall–Kier alpha value is -3.02. The van der Waals surface area contributed by atoms with Crippen LogP contribution in [0.5, 0.6) is 0 Å². The summed E-state index contributed by atoms with van der Waals surface area (Å²) >= 11 is 0. The Morgan fingerprint density at radius 2 is 1.86 bits per heavy atom. The topological polar surface area (TPSA) is 80.9 Å². The van der Waals surface area contributed by atoms with E-state index in [4.69, 9.17) is 4.52 Å². The van der Waals surface area contributed by atoms with E-state index >= 15 is 0 Å². The average molecular weight is 390 g/mol. The number of hydrogen-bond donors (Lipinski definition) is 1. The maximum atomic E-state index is 12.5. The fraction of sp³-hybridized carbons (Fsp3) is 0.391. The number of benzene rings is 1. The highest BCUT2D eigenvalue weighted by atomic mass is 16.5. The summed E-state index contributed by atoms with van der Waals surface area (Å²) in [5.41, 5.74) is 2.63. The Morgan fingerprint density at radius 1 is 1.07 bits per heavy atom. The first-order valence-electron chi connectivity index (χ1n) is 10.4. The van der Waals surface area contributed by atoms with Gasteiger partial charge in [-0.05, 0) is 36.1 Å². The molecule has 4 rings (SSSR count). The lowest BCUT2D eigenvalue weighted by Gasteiger charge is -2.21. The van der Waals surface area contributed by atoms with Gasteiger partial charge >= 0.3 is 0 Å². The highest BCUT2D eigenvalue weighted by molar-refractivity contribution is 5.91. The zero-order chi connectivity index (χ0) is 19.9. The monoisotopic (exact) mass is 390 g/mol. The predicted octanol–water partition coefficient (Wildman–Crippen LogP) is 5.02. The van der Waals surface area contributed by atoms with Crippen LogP contribution in [0.1, 0.15) is 56.4 Å². The van der Waals surface area contributed by atoms with E-state index in [1.54, 1.807) is 12.4 Å². The van der Waals surface area contributed by atoms with E-state index < -0.39 is 0 Å². The molecule has 0 atom stereocenters. The van der Waals surface area contributed by atoms with Crippen molar-refractivity contribution < 1.29 is 9.32 Å². The van der Waals surface area contributed by atoms with E-state index in [9.17, 15) is 4.79 Å². The minimum absolute atomic E-state index is 0.0750. The van der Waals surface area contributed by atoms with Gasteiger partial charge in [0.2, 0.25) is 17.6 Å². The lowest BCUT2D eigenvalue weighted by atomic mass is 9.86. The van der Waals surface area contributed by atoms with Crippen molar-refractivity contribution in [2.24, 2.45) is 5.92 Å². The molecule has 0 saturated heterocycles. The van der Waals surface area contributed by atoms with Crippen LogP contribution in [0.25, 0.3) is 11.4 Å². The Kier molecular flexibility index (Phi) is 6.29. The van der Waals surface area contributed by atoms with Gasteiger partial charge < -0.3 is 9.84 Å². The van der Waals surface area contributed by atoms with Crippen LogP contribution in [-0.4, -0.2) is 21.0 Å². The van der Waals surface area contributed by atoms with Crippen LogP contribution < -0.4 is 5.32 Å². The second-order valence-corrected chi connectivity index (χ2v) is 7.67. The molecule has 3 aromatic rings. The Balaban J connectivity index is 1.38. The third kappa shape index (κ3) is 5.28. The molecule has 1 amide bonds. The molecule has 1 fully saturated rings. The molecule has 0 bridgehead atoms. The summed E-state index contributed by atoms with van der Waals surface area (Å²) < 4.78 is 5.42. The van der Waals surface area contributed by atoms with E-state index in [-0.39, 0.29) is 5.91 Å². The molecule has 0 radical (unpaired) electrons. The van der Waals surface area contributed by atoms with Gasteiger partial charge in [-0.25, -0.2) is 0 Å². The van der Waals surface area contributed by atoms with Crippen molar-refractivity contribution in [3.05, 3.63) is 60.2 Å². The molecule has 1 saturated carbocycles. The van der Waals surface area contributed by atoms with E-state index in [0.717, 1.165) is 23.2 Å². The highest BCUT2D eigenvalue weighted by Crippen LogP contribution is 2.27. The summed E-state index contributed by atoms with van der Waals surface area (Å²) in [6.07, 6.45) is 11.9. The second kappa shape index (κ2) is 9.45. The van der Waals surface area contributed by atoms with Crippen LogP contribution in [0.15, 0.2) is 53.3 Å². The second-order valence-electron chi connectivity index (χ2n) is 7.67. The molecule has 2 aromatic heterocycles. The zero-order valence-corrected chi connectivity index (χ0v) is 16.5. The molecule has 2 heterocycles. The quantitative estimate of drug-likeness (QED) is 0.612. The first kappa shape index (κ1) is 19.3. The van der Waals surface area contributed by atoms with Gasteiger partial charge in [-0.3, -0.25) is 9.78 Å². The smallest absolute Gasteiger partial charge is 0.231 e. The molecule has 6 heteroatoms. The summed E-state index contributed by atoms with van der Waals surface area (Å²) in [5, 5.41) is 7.12. The summed E-state index contributed by atoms with van der Waals surface area (Å²) in [6, 6.07) is 11.5. The number of anilines is 1. The van der Waals surface area contributed by atoms with Gasteiger partial charge in [0.05, 0.1) is 6.42 Å². The Bertz CT molecular complexity index is 933. The van der Waals surface area contributed by atoms with Crippen molar-refractivity contribution in [3.63, 3.8) is 0 Å². The molecule has 1 aromatic carbocycles. The van der Waals surface area contributed by atoms with Gasteiger partial charge in [0, 0.05) is 30.1 Å². The number of rotatable bonds is 7. The number of carbonyl (C=O) groups excluding carboxylic acids is 1. The van der Waals surface area contributed by atoms with E-state index in [1.807, 2.05) is 36.4 Å². The van der Waals surface area contributed by atoms with Gasteiger partial charge in [-0.2, -0.15) is 4.98 Å². The molecule has 29 heavy (non-hydrogen) atoms. The number of para-hydroxylation sites is 1. The number of carbonyl (C=O) groups is 1. The maximum absolute atomic E-state index is 12.5. The van der Waals surface area contributed by atoms with Crippen LogP contribution in [0, 0.1) is 5.92 Å². The fourth-order valence-electron chi connectivity index (χ4n) is 3.93. The van der Waals surface area contributed by atoms with Gasteiger partial charge in [-0.1, -0.05) is 55.5 Å². The van der Waals surface area contributed by atoms with Crippen LogP contribution in [0.3, 0.4) is 0 Å². The van der Waals surface area contributed by atoms with Crippen LogP contribution in [-0.2, 0) is 11.2 Å². The van der Waals surface area contributed by atoms with Crippen LogP contribution in [0.4, 0.5) is 5.69 Å². The molecule has 0 spiro atoms. The van der Waals surface area contributed by atoms with Gasteiger partial charge in [0.15, 0.2) is 0 Å². The van der Waals surface area contributed by atoms with Crippen LogP contribution in [0.2, 0.25) is 0 Å². The number of amides is 1. The van der Waals surface area contributed by atoms with Crippen molar-refractivity contribution in [2.45, 2.75) is 51.4 Å². The van der Waals surface area contributed by atoms with E-state index in [0.29, 0.717) is 30.5 Å². The Labute approximate surface area is 170 Å². The molecular weight excluding hydrogens is 364 g/mol. The van der Waals surface area contributed by atoms with Gasteiger partial charge in [-0.15, -0.1) is 0 Å². The fourth-order valence-corrected chi connectivity index (χ4v) is 3.93. The normalized spacial score (nSPS) is 14.6. The van der Waals surface area contributed by atoms with Gasteiger partial charge in [0.1, 0.15) is 0 Å². The molecule has 0 unspecified atom stereocenters. The molecule has 1 N–H and O–H groups in total. The van der Waals surface area contributed by atoms with Crippen molar-refractivity contribution in [1.82, 2.24) is 15.1 Å². The molecule has 150 valence electrons. The van der Waals surface area contributed by atoms with Gasteiger partial charge in [0.25, 0.3) is 0 Å². The number of nitrogens with zero attached hydrogens (tertiary/aromatic N) is 3. The minimum atomic E-state index is 0.0750. The summed E-state index contributed by atoms with van der Waals surface area (Å²) in [7, 11) is 0. The number of hydrogen-bond acceptors (Lipinski definition) is 5. The lowest BCUT2D eigenvalue weighted by molar-refractivity contribution is -0.116. The number of nitrogens with one attached hydrogen (secondary N) is 1. The third-order valence-electron chi connectivity index (χ3n) is 5.54. The molecular formula is C23H26N4O2. The summed E-state index contributed by atoms with van der Waals surface area (Å²) in [5.74, 6) is 1.83. The number of pyridine rings is 1. The van der Waals surface area contributed by atoms with Crippen molar-refractivity contribution in [1.29, 1.82) is 0 Å². The Morgan fingerprint density at radius 3 is 2.69 bits per heavy atom. The molecule has 0 aliphatic heterocycles. The van der Waals surface area contributed by atoms with Crippen molar-refractivity contribution in [2.75, 3.05) is 5.32 Å². The van der Waals surface area contributed by atoms with Crippen molar-refractivity contribution in [3.8, 4) is 11.4 Å². The summed E-state index contributed by atoms with van der Waals surface area (Å²) in [4.78, 5) is 21.0. The van der Waals surface area contributed by atoms with E-state index in [2.05, 4.69) is 20.4 Å². The lowest BCUT2D eigenvalue weighted by Crippen LogP contribution is -2.15. The number of aromatic nitrogens is 3. The highest BCUT2D eigenvalue weighted by Gasteiger charge is 2.16. The van der Waals surface area contributed by atoms with Crippen LogP contribution >= 0.6 is 0 Å². The molecule has 6 nitrogen and oxygen atoms in total. The molecule has 1 aliphatic carbocycles. The standard InChI is InChI=1S/C23H26N4O2/c28-21(11-10-17-6-2-1-3-7-17)25-20-9-5-4-8-19(20)16-22-26-23(27-29-22)18-12-14-24-15-13-18/h4-5,8-9,12-15,17H,1-3,6-7,10-11,16H2,(H,25,28). The molecule has 1 aliphatic rings. The summed E-state index contributed by atoms with van der Waals surface area (Å²) in [6.45, 7) is 0. The first-order valence-corrected chi connectivity index (χ1v) is 10.4. The van der Waals surface area contributed by atoms with Crippen molar-refractivity contribution >= 4 is 11.6 Å². The third-order valence-corrected chi connectivity index (χ3v) is 5.54.